The van der Waals surface area contributed by atoms with Gasteiger partial charge in [-0.05, 0) is 61.9 Å². The Hall–Kier alpha value is -1.28. The molecule has 0 fully saturated rings. The number of nitrogens with one attached hydrogen (secondary N) is 1. The molecule has 2 rings (SSSR count). The Morgan fingerprint density at radius 1 is 1.26 bits per heavy atom. The highest BCUT2D eigenvalue weighted by atomic mass is 16.5. The maximum atomic E-state index is 5.49. The van der Waals surface area contributed by atoms with E-state index < -0.39 is 0 Å². The summed E-state index contributed by atoms with van der Waals surface area (Å²) in [6, 6.07) is 7.19. The van der Waals surface area contributed by atoms with Crippen LogP contribution in [0, 0.1) is 13.8 Å². The lowest BCUT2D eigenvalue weighted by atomic mass is 9.94. The molecule has 0 radical (unpaired) electrons. The van der Waals surface area contributed by atoms with E-state index in [2.05, 4.69) is 44.3 Å². The van der Waals surface area contributed by atoms with E-state index in [0.717, 1.165) is 32.4 Å². The van der Waals surface area contributed by atoms with Gasteiger partial charge >= 0.3 is 0 Å². The fourth-order valence-corrected chi connectivity index (χ4v) is 2.59. The zero-order valence-electron chi connectivity index (χ0n) is 12.3. The highest BCUT2D eigenvalue weighted by Crippen LogP contribution is 2.20. The standard InChI is InChI=1S/C17H25NO/c1-4-18-17(16-6-5-9-19-12-16)11-15-8-7-13(2)14(3)10-15/h7-8,10,12,17-18H,4-6,9,11H2,1-3H3. The Morgan fingerprint density at radius 2 is 2.11 bits per heavy atom. The van der Waals surface area contributed by atoms with E-state index in [4.69, 9.17) is 4.74 Å². The molecule has 1 N–H and O–H groups in total. The van der Waals surface area contributed by atoms with Crippen molar-refractivity contribution in [2.45, 2.75) is 46.1 Å². The molecular formula is C17H25NO. The molecule has 0 bridgehead atoms. The Bertz CT molecular complexity index is 451. The molecule has 2 heteroatoms. The second kappa shape index (κ2) is 6.76. The van der Waals surface area contributed by atoms with Crippen molar-refractivity contribution in [2.75, 3.05) is 13.2 Å². The van der Waals surface area contributed by atoms with Gasteiger partial charge in [0, 0.05) is 6.04 Å². The number of ether oxygens (including phenoxy) is 1. The Kier molecular flexibility index (Phi) is 5.03. The zero-order valence-corrected chi connectivity index (χ0v) is 12.3. The van der Waals surface area contributed by atoms with E-state index >= 15 is 0 Å². The Balaban J connectivity index is 2.11. The van der Waals surface area contributed by atoms with Gasteiger partial charge in [0.2, 0.25) is 0 Å². The van der Waals surface area contributed by atoms with Crippen molar-refractivity contribution in [2.24, 2.45) is 0 Å². The topological polar surface area (TPSA) is 21.3 Å². The lowest BCUT2D eigenvalue weighted by Crippen LogP contribution is -2.34. The number of hydrogen-bond donors (Lipinski definition) is 1. The third-order valence-corrected chi connectivity index (χ3v) is 3.87. The van der Waals surface area contributed by atoms with Crippen LogP contribution in [0.4, 0.5) is 0 Å². The average Bonchev–Trinajstić information content (AvgIpc) is 2.43. The normalized spacial score (nSPS) is 16.7. The van der Waals surface area contributed by atoms with Gasteiger partial charge in [0.1, 0.15) is 0 Å². The van der Waals surface area contributed by atoms with Gasteiger partial charge in [-0.1, -0.05) is 25.1 Å². The highest BCUT2D eigenvalue weighted by molar-refractivity contribution is 5.31. The summed E-state index contributed by atoms with van der Waals surface area (Å²) in [5.41, 5.74) is 5.55. The first kappa shape index (κ1) is 14.1. The SMILES string of the molecule is CCNC(Cc1ccc(C)c(C)c1)C1=COCCC1. The number of hydrogen-bond acceptors (Lipinski definition) is 2. The maximum absolute atomic E-state index is 5.49. The van der Waals surface area contributed by atoms with E-state index in [0.29, 0.717) is 6.04 Å². The number of rotatable bonds is 5. The molecule has 0 saturated heterocycles. The maximum Gasteiger partial charge on any atom is 0.0876 e. The van der Waals surface area contributed by atoms with Crippen LogP contribution in [-0.2, 0) is 11.2 Å². The van der Waals surface area contributed by atoms with Crippen LogP contribution in [0.2, 0.25) is 0 Å². The summed E-state index contributed by atoms with van der Waals surface area (Å²) in [7, 11) is 0. The smallest absolute Gasteiger partial charge is 0.0876 e. The summed E-state index contributed by atoms with van der Waals surface area (Å²) in [6.07, 6.45) is 5.31. The van der Waals surface area contributed by atoms with Gasteiger partial charge in [0.15, 0.2) is 0 Å². The van der Waals surface area contributed by atoms with Crippen molar-refractivity contribution in [1.82, 2.24) is 5.32 Å². The molecule has 1 aromatic carbocycles. The van der Waals surface area contributed by atoms with Crippen LogP contribution >= 0.6 is 0 Å². The summed E-state index contributed by atoms with van der Waals surface area (Å²) >= 11 is 0. The number of benzene rings is 1. The largest absolute Gasteiger partial charge is 0.501 e. The molecule has 104 valence electrons. The van der Waals surface area contributed by atoms with Crippen LogP contribution in [-0.4, -0.2) is 19.2 Å². The van der Waals surface area contributed by atoms with Crippen LogP contribution in [0.5, 0.6) is 0 Å². The van der Waals surface area contributed by atoms with Gasteiger partial charge < -0.3 is 10.1 Å². The highest BCUT2D eigenvalue weighted by Gasteiger charge is 2.16. The molecule has 0 amide bonds. The van der Waals surface area contributed by atoms with Gasteiger partial charge in [0.25, 0.3) is 0 Å². The molecule has 1 atom stereocenters. The Morgan fingerprint density at radius 3 is 2.74 bits per heavy atom. The Labute approximate surface area is 116 Å². The fourth-order valence-electron chi connectivity index (χ4n) is 2.59. The fraction of sp³-hybridized carbons (Fsp3) is 0.529. The first-order chi connectivity index (χ1) is 9.20. The predicted octanol–water partition coefficient (Wildman–Crippen LogP) is 3.52. The summed E-state index contributed by atoms with van der Waals surface area (Å²) in [6.45, 7) is 8.37. The summed E-state index contributed by atoms with van der Waals surface area (Å²) in [4.78, 5) is 0. The minimum atomic E-state index is 0.410. The van der Waals surface area contributed by atoms with Crippen LogP contribution in [0.3, 0.4) is 0 Å². The van der Waals surface area contributed by atoms with E-state index in [1.165, 1.54) is 22.3 Å². The minimum absolute atomic E-state index is 0.410. The summed E-state index contributed by atoms with van der Waals surface area (Å²) in [5, 5.41) is 3.59. The molecule has 1 aliphatic rings. The predicted molar refractivity (Wildman–Crippen MR) is 80.4 cm³/mol. The second-order valence-corrected chi connectivity index (χ2v) is 5.40. The lowest BCUT2D eigenvalue weighted by Gasteiger charge is -2.24. The van der Waals surface area contributed by atoms with Crippen molar-refractivity contribution >= 4 is 0 Å². The van der Waals surface area contributed by atoms with Crippen molar-refractivity contribution in [3.8, 4) is 0 Å². The van der Waals surface area contributed by atoms with Crippen LogP contribution in [0.15, 0.2) is 30.0 Å². The number of likely N-dealkylation sites (N-methyl/N-ethyl adjacent to an activating group) is 1. The molecule has 0 aliphatic carbocycles. The zero-order chi connectivity index (χ0) is 13.7. The van der Waals surface area contributed by atoms with Crippen molar-refractivity contribution in [3.63, 3.8) is 0 Å². The van der Waals surface area contributed by atoms with E-state index in [1.807, 2.05) is 6.26 Å². The third kappa shape index (κ3) is 3.84. The average molecular weight is 259 g/mol. The summed E-state index contributed by atoms with van der Waals surface area (Å²) in [5.74, 6) is 0. The molecule has 1 heterocycles. The molecule has 2 nitrogen and oxygen atoms in total. The van der Waals surface area contributed by atoms with Gasteiger partial charge in [-0.15, -0.1) is 0 Å². The van der Waals surface area contributed by atoms with Crippen LogP contribution < -0.4 is 5.32 Å². The van der Waals surface area contributed by atoms with Gasteiger partial charge in [0.05, 0.1) is 12.9 Å². The van der Waals surface area contributed by atoms with Crippen LogP contribution in [0.25, 0.3) is 0 Å². The third-order valence-electron chi connectivity index (χ3n) is 3.87. The number of aryl methyl sites for hydroxylation is 2. The van der Waals surface area contributed by atoms with Gasteiger partial charge in [-0.2, -0.15) is 0 Å². The second-order valence-electron chi connectivity index (χ2n) is 5.40. The van der Waals surface area contributed by atoms with Gasteiger partial charge in [-0.3, -0.25) is 0 Å². The van der Waals surface area contributed by atoms with Crippen molar-refractivity contribution < 1.29 is 4.74 Å². The first-order valence-corrected chi connectivity index (χ1v) is 7.30. The minimum Gasteiger partial charge on any atom is -0.501 e. The van der Waals surface area contributed by atoms with Crippen LogP contribution in [0.1, 0.15) is 36.5 Å². The molecule has 0 aromatic heterocycles. The molecule has 1 unspecified atom stereocenters. The quantitative estimate of drug-likeness (QED) is 0.873. The first-order valence-electron chi connectivity index (χ1n) is 7.30. The molecule has 0 saturated carbocycles. The lowest BCUT2D eigenvalue weighted by molar-refractivity contribution is 0.219. The molecule has 1 aliphatic heterocycles. The van der Waals surface area contributed by atoms with E-state index in [1.54, 1.807) is 0 Å². The molecule has 0 spiro atoms. The summed E-state index contributed by atoms with van der Waals surface area (Å²) < 4.78 is 5.49. The van der Waals surface area contributed by atoms with Gasteiger partial charge in [-0.25, -0.2) is 0 Å². The molecule has 1 aromatic rings. The van der Waals surface area contributed by atoms with Crippen molar-refractivity contribution in [1.29, 1.82) is 0 Å². The van der Waals surface area contributed by atoms with Crippen molar-refractivity contribution in [3.05, 3.63) is 46.7 Å². The monoisotopic (exact) mass is 259 g/mol. The van der Waals surface area contributed by atoms with E-state index in [9.17, 15) is 0 Å². The molecule has 19 heavy (non-hydrogen) atoms. The van der Waals surface area contributed by atoms with E-state index in [-0.39, 0.29) is 0 Å². The molecular weight excluding hydrogens is 234 g/mol.